The number of thiocarbonyl (C=S) groups is 1. The van der Waals surface area contributed by atoms with Gasteiger partial charge in [0.1, 0.15) is 0 Å². The fraction of sp³-hybridized carbons (Fsp3) is 0.348. The summed E-state index contributed by atoms with van der Waals surface area (Å²) in [5.41, 5.74) is 3.74. The van der Waals surface area contributed by atoms with E-state index in [1.807, 2.05) is 6.08 Å². The molecule has 132 valence electrons. The van der Waals surface area contributed by atoms with E-state index in [9.17, 15) is 0 Å². The molecule has 2 rings (SSSR count). The highest BCUT2D eigenvalue weighted by Crippen LogP contribution is 2.14. The molecule has 2 aromatic rings. The van der Waals surface area contributed by atoms with E-state index >= 15 is 0 Å². The molecular formula is C23H27IS. The molecule has 0 radical (unpaired) electrons. The van der Waals surface area contributed by atoms with Gasteiger partial charge in [-0.25, -0.2) is 0 Å². The van der Waals surface area contributed by atoms with Gasteiger partial charge in [0.2, 0.25) is 0 Å². The lowest BCUT2D eigenvalue weighted by atomic mass is 10.0. The van der Waals surface area contributed by atoms with Gasteiger partial charge < -0.3 is 0 Å². The van der Waals surface area contributed by atoms with E-state index < -0.39 is 0 Å². The third kappa shape index (κ3) is 7.83. The molecule has 0 nitrogen and oxygen atoms in total. The van der Waals surface area contributed by atoms with Crippen LogP contribution in [0.25, 0.3) is 6.08 Å². The minimum atomic E-state index is 0.893. The summed E-state index contributed by atoms with van der Waals surface area (Å²) in [5.74, 6) is 0. The fourth-order valence-corrected chi connectivity index (χ4v) is 3.59. The van der Waals surface area contributed by atoms with Crippen LogP contribution < -0.4 is 0 Å². The smallest absolute Gasteiger partial charge is 0.0449 e. The van der Waals surface area contributed by atoms with Crippen LogP contribution in [0.15, 0.2) is 54.6 Å². The summed E-state index contributed by atoms with van der Waals surface area (Å²) >= 11 is 7.88. The van der Waals surface area contributed by atoms with Gasteiger partial charge in [-0.1, -0.05) is 93.7 Å². The van der Waals surface area contributed by atoms with Gasteiger partial charge in [0.25, 0.3) is 0 Å². The van der Waals surface area contributed by atoms with Gasteiger partial charge in [-0.15, -0.1) is 0 Å². The monoisotopic (exact) mass is 462 g/mol. The summed E-state index contributed by atoms with van der Waals surface area (Å²) in [7, 11) is 0. The molecule has 0 fully saturated rings. The number of benzene rings is 2. The highest BCUT2D eigenvalue weighted by Gasteiger charge is 1.99. The number of hydrogen-bond donors (Lipinski definition) is 0. The molecule has 2 heteroatoms. The summed E-state index contributed by atoms with van der Waals surface area (Å²) in [5, 5.41) is 0. The zero-order valence-corrected chi connectivity index (χ0v) is 18.0. The largest absolute Gasteiger partial charge is 0.0795 e. The summed E-state index contributed by atoms with van der Waals surface area (Å²) in [6, 6.07) is 17.2. The third-order valence-corrected chi connectivity index (χ3v) is 5.38. The molecule has 0 unspecified atom stereocenters. The number of halogens is 1. The summed E-state index contributed by atoms with van der Waals surface area (Å²) in [6.07, 6.45) is 13.4. The molecule has 0 aromatic heterocycles. The molecule has 0 aliphatic carbocycles. The molecule has 0 heterocycles. The zero-order chi connectivity index (χ0) is 17.9. The van der Waals surface area contributed by atoms with Crippen molar-refractivity contribution in [2.75, 3.05) is 0 Å². The van der Waals surface area contributed by atoms with Crippen LogP contribution in [0, 0.1) is 3.57 Å². The Balaban J connectivity index is 1.81. The van der Waals surface area contributed by atoms with Crippen LogP contribution in [-0.4, -0.2) is 4.86 Å². The number of allylic oxidation sites excluding steroid dienone is 1. The first-order chi connectivity index (χ1) is 12.2. The van der Waals surface area contributed by atoms with Crippen molar-refractivity contribution in [1.82, 2.24) is 0 Å². The summed E-state index contributed by atoms with van der Waals surface area (Å²) in [4.78, 5) is 0.893. The second-order valence-electron chi connectivity index (χ2n) is 6.47. The Morgan fingerprint density at radius 3 is 2.40 bits per heavy atom. The van der Waals surface area contributed by atoms with Crippen LogP contribution >= 0.6 is 34.8 Å². The van der Waals surface area contributed by atoms with E-state index in [2.05, 4.69) is 84.1 Å². The average Bonchev–Trinajstić information content (AvgIpc) is 2.63. The van der Waals surface area contributed by atoms with Gasteiger partial charge in [-0.2, -0.15) is 0 Å². The molecular weight excluding hydrogens is 435 g/mol. The third-order valence-electron chi connectivity index (χ3n) is 4.33. The average molecular weight is 462 g/mol. The van der Waals surface area contributed by atoms with Crippen molar-refractivity contribution >= 4 is 45.7 Å². The molecule has 0 N–H and O–H groups in total. The molecule has 0 saturated heterocycles. The number of rotatable bonds is 10. The lowest BCUT2D eigenvalue weighted by Crippen LogP contribution is -1.94. The van der Waals surface area contributed by atoms with Crippen molar-refractivity contribution < 1.29 is 0 Å². The second kappa shape index (κ2) is 11.6. The molecule has 0 amide bonds. The second-order valence-corrected chi connectivity index (χ2v) is 8.15. The van der Waals surface area contributed by atoms with Crippen LogP contribution in [0.1, 0.15) is 62.1 Å². The Morgan fingerprint density at radius 1 is 0.960 bits per heavy atom. The summed E-state index contributed by atoms with van der Waals surface area (Å²) < 4.78 is 1.24. The Morgan fingerprint density at radius 2 is 1.68 bits per heavy atom. The van der Waals surface area contributed by atoms with Gasteiger partial charge in [-0.05, 0) is 70.3 Å². The zero-order valence-electron chi connectivity index (χ0n) is 15.0. The minimum absolute atomic E-state index is 0.893. The predicted octanol–water partition coefficient (Wildman–Crippen LogP) is 7.63. The maximum Gasteiger partial charge on any atom is 0.0449 e. The maximum atomic E-state index is 5.55. The van der Waals surface area contributed by atoms with Crippen LogP contribution in [0.5, 0.6) is 0 Å². The standard InChI is InChI=1S/C23H27IS/c1-2-3-4-5-6-7-9-19-12-15-21(16-13-19)23(25)17-14-20-10-8-11-22(24)18-20/h8,10-18H,2-7,9H2,1H3. The number of unbranched alkanes of at least 4 members (excludes halogenated alkanes) is 5. The topological polar surface area (TPSA) is 0 Å². The SMILES string of the molecule is CCCCCCCCc1ccc(C(=S)C=Cc2cccc(I)c2)cc1. The van der Waals surface area contributed by atoms with Gasteiger partial charge in [0.05, 0.1) is 0 Å². The first-order valence-electron chi connectivity index (χ1n) is 9.26. The van der Waals surface area contributed by atoms with Gasteiger partial charge in [0.15, 0.2) is 0 Å². The molecule has 0 aliphatic rings. The van der Waals surface area contributed by atoms with Crippen LogP contribution in [0.4, 0.5) is 0 Å². The van der Waals surface area contributed by atoms with Crippen LogP contribution in [-0.2, 0) is 6.42 Å². The van der Waals surface area contributed by atoms with Crippen molar-refractivity contribution in [2.24, 2.45) is 0 Å². The Kier molecular flexibility index (Phi) is 9.41. The molecule has 0 aliphatic heterocycles. The molecule has 0 saturated carbocycles. The lowest BCUT2D eigenvalue weighted by Gasteiger charge is -2.04. The van der Waals surface area contributed by atoms with Crippen molar-refractivity contribution in [1.29, 1.82) is 0 Å². The fourth-order valence-electron chi connectivity index (χ4n) is 2.82. The first kappa shape index (κ1) is 20.3. The van der Waals surface area contributed by atoms with Crippen molar-refractivity contribution in [3.05, 3.63) is 74.9 Å². The van der Waals surface area contributed by atoms with E-state index in [0.29, 0.717) is 0 Å². The highest BCUT2D eigenvalue weighted by atomic mass is 127. The van der Waals surface area contributed by atoms with E-state index in [1.54, 1.807) is 0 Å². The lowest BCUT2D eigenvalue weighted by molar-refractivity contribution is 0.607. The Bertz CT molecular complexity index is 685. The van der Waals surface area contributed by atoms with Gasteiger partial charge in [0, 0.05) is 8.43 Å². The molecule has 0 atom stereocenters. The molecule has 0 bridgehead atoms. The maximum absolute atomic E-state index is 5.55. The van der Waals surface area contributed by atoms with E-state index in [0.717, 1.165) is 10.4 Å². The minimum Gasteiger partial charge on any atom is -0.0795 e. The predicted molar refractivity (Wildman–Crippen MR) is 123 cm³/mol. The molecule has 2 aromatic carbocycles. The quantitative estimate of drug-likeness (QED) is 0.115. The van der Waals surface area contributed by atoms with Crippen molar-refractivity contribution in [3.8, 4) is 0 Å². The normalized spacial score (nSPS) is 11.1. The van der Waals surface area contributed by atoms with E-state index in [-0.39, 0.29) is 0 Å². The molecule has 25 heavy (non-hydrogen) atoms. The van der Waals surface area contributed by atoms with Crippen molar-refractivity contribution in [2.45, 2.75) is 51.9 Å². The van der Waals surface area contributed by atoms with E-state index in [4.69, 9.17) is 12.2 Å². The first-order valence-corrected chi connectivity index (χ1v) is 10.7. The Labute approximate surface area is 171 Å². The molecule has 0 spiro atoms. The number of hydrogen-bond acceptors (Lipinski definition) is 1. The number of aryl methyl sites for hydroxylation is 1. The Hall–Kier alpha value is -1.000. The summed E-state index contributed by atoms with van der Waals surface area (Å²) in [6.45, 7) is 2.27. The van der Waals surface area contributed by atoms with Crippen LogP contribution in [0.2, 0.25) is 0 Å². The highest BCUT2D eigenvalue weighted by molar-refractivity contribution is 14.1. The van der Waals surface area contributed by atoms with Gasteiger partial charge in [-0.3, -0.25) is 0 Å². The van der Waals surface area contributed by atoms with Gasteiger partial charge >= 0.3 is 0 Å². The van der Waals surface area contributed by atoms with Crippen molar-refractivity contribution in [3.63, 3.8) is 0 Å². The van der Waals surface area contributed by atoms with E-state index in [1.165, 1.54) is 59.6 Å². The van der Waals surface area contributed by atoms with Crippen LogP contribution in [0.3, 0.4) is 0 Å².